The van der Waals surface area contributed by atoms with Crippen LogP contribution in [-0.4, -0.2) is 70.8 Å². The number of ether oxygens (including phenoxy) is 5. The molecule has 1 saturated heterocycles. The second kappa shape index (κ2) is 14.9. The van der Waals surface area contributed by atoms with Crippen molar-refractivity contribution in [3.63, 3.8) is 0 Å². The number of rotatable bonds is 14. The van der Waals surface area contributed by atoms with Crippen molar-refractivity contribution < 1.29 is 23.7 Å². The van der Waals surface area contributed by atoms with E-state index in [-0.39, 0.29) is 6.10 Å². The van der Waals surface area contributed by atoms with Crippen LogP contribution in [0.5, 0.6) is 17.4 Å². The molecule has 2 atom stereocenters. The number of nitrogens with one attached hydrogen (secondary N) is 1. The van der Waals surface area contributed by atoms with Crippen molar-refractivity contribution in [2.75, 3.05) is 64.6 Å². The quantitative estimate of drug-likeness (QED) is 0.288. The number of hydrogen-bond donors (Lipinski definition) is 1. The van der Waals surface area contributed by atoms with E-state index in [0.29, 0.717) is 31.6 Å². The normalized spacial score (nSPS) is 18.6. The minimum atomic E-state index is 0.106. The summed E-state index contributed by atoms with van der Waals surface area (Å²) < 4.78 is 29.3. The molecule has 0 amide bonds. The Balaban J connectivity index is 1.12. The van der Waals surface area contributed by atoms with Crippen molar-refractivity contribution >= 4 is 5.69 Å². The molecule has 5 rings (SSSR count). The first-order valence-corrected chi connectivity index (χ1v) is 14.4. The maximum Gasteiger partial charge on any atom is 0.213 e. The van der Waals surface area contributed by atoms with E-state index in [1.165, 1.54) is 11.1 Å². The fourth-order valence-electron chi connectivity index (χ4n) is 5.30. The van der Waals surface area contributed by atoms with E-state index >= 15 is 0 Å². The van der Waals surface area contributed by atoms with E-state index in [1.807, 2.05) is 18.2 Å². The van der Waals surface area contributed by atoms with E-state index in [0.717, 1.165) is 75.8 Å². The van der Waals surface area contributed by atoms with E-state index in [4.69, 9.17) is 23.7 Å². The molecule has 0 saturated carbocycles. The lowest BCUT2D eigenvalue weighted by molar-refractivity contribution is 0.0106. The maximum atomic E-state index is 6.53. The van der Waals surface area contributed by atoms with Crippen LogP contribution in [0.15, 0.2) is 66.9 Å². The van der Waals surface area contributed by atoms with Gasteiger partial charge < -0.3 is 33.9 Å². The Labute approximate surface area is 237 Å². The number of benzene rings is 2. The van der Waals surface area contributed by atoms with Gasteiger partial charge in [-0.05, 0) is 60.8 Å². The largest absolute Gasteiger partial charge is 0.493 e. The topological polar surface area (TPSA) is 74.3 Å². The summed E-state index contributed by atoms with van der Waals surface area (Å²) in [6, 6.07) is 20.6. The third kappa shape index (κ3) is 7.87. The highest BCUT2D eigenvalue weighted by atomic mass is 16.5. The van der Waals surface area contributed by atoms with Crippen LogP contribution in [0.3, 0.4) is 0 Å². The molecule has 1 N–H and O–H groups in total. The smallest absolute Gasteiger partial charge is 0.213 e. The average molecular weight is 548 g/mol. The van der Waals surface area contributed by atoms with Gasteiger partial charge in [0.15, 0.2) is 0 Å². The lowest BCUT2D eigenvalue weighted by atomic mass is 9.87. The second-order valence-electron chi connectivity index (χ2n) is 10.2. The molecule has 0 radical (unpaired) electrons. The van der Waals surface area contributed by atoms with E-state index in [9.17, 15) is 0 Å². The Morgan fingerprint density at radius 2 is 1.90 bits per heavy atom. The number of pyridine rings is 1. The third-order valence-electron chi connectivity index (χ3n) is 7.40. The number of fused-ring (bicyclic) bond motifs is 1. The molecular weight excluding hydrogens is 506 g/mol. The first kappa shape index (κ1) is 28.2. The van der Waals surface area contributed by atoms with Gasteiger partial charge in [-0.2, -0.15) is 0 Å². The van der Waals surface area contributed by atoms with E-state index < -0.39 is 0 Å². The third-order valence-corrected chi connectivity index (χ3v) is 7.40. The van der Waals surface area contributed by atoms with E-state index in [1.54, 1.807) is 13.3 Å². The minimum absolute atomic E-state index is 0.106. The molecule has 2 aliphatic heterocycles. The summed E-state index contributed by atoms with van der Waals surface area (Å²) in [5, 5.41) is 3.51. The fourth-order valence-corrected chi connectivity index (χ4v) is 5.30. The van der Waals surface area contributed by atoms with Crippen molar-refractivity contribution in [2.45, 2.75) is 37.9 Å². The Kier molecular flexibility index (Phi) is 10.5. The Bertz CT molecular complexity index is 1160. The fraction of sp³-hybridized carbons (Fsp3) is 0.469. The molecule has 8 heteroatoms. The molecule has 0 spiro atoms. The summed E-state index contributed by atoms with van der Waals surface area (Å²) in [5.74, 6) is 2.81. The molecule has 3 heterocycles. The molecule has 1 aromatic heterocycles. The van der Waals surface area contributed by atoms with Gasteiger partial charge in [0.25, 0.3) is 0 Å². The Morgan fingerprint density at radius 3 is 2.75 bits per heavy atom. The first-order chi connectivity index (χ1) is 19.8. The van der Waals surface area contributed by atoms with Crippen molar-refractivity contribution in [1.29, 1.82) is 0 Å². The van der Waals surface area contributed by atoms with Crippen molar-refractivity contribution in [2.24, 2.45) is 0 Å². The van der Waals surface area contributed by atoms with Crippen LogP contribution in [-0.2, 0) is 16.1 Å². The van der Waals surface area contributed by atoms with Crippen molar-refractivity contribution in [3.8, 4) is 17.4 Å². The zero-order chi connectivity index (χ0) is 27.4. The van der Waals surface area contributed by atoms with Crippen LogP contribution < -0.4 is 24.4 Å². The van der Waals surface area contributed by atoms with Crippen molar-refractivity contribution in [3.05, 3.63) is 78.0 Å². The van der Waals surface area contributed by atoms with Crippen LogP contribution in [0, 0.1) is 0 Å². The van der Waals surface area contributed by atoms with Gasteiger partial charge in [0, 0.05) is 51.4 Å². The van der Waals surface area contributed by atoms with Gasteiger partial charge in [0.2, 0.25) is 5.88 Å². The lowest BCUT2D eigenvalue weighted by Gasteiger charge is -2.33. The predicted octanol–water partition coefficient (Wildman–Crippen LogP) is 4.83. The number of nitrogens with zero attached hydrogens (tertiary/aromatic N) is 2. The van der Waals surface area contributed by atoms with Gasteiger partial charge in [0.1, 0.15) is 18.1 Å². The van der Waals surface area contributed by atoms with Crippen LogP contribution >= 0.6 is 0 Å². The number of methoxy groups -OCH3 is 1. The van der Waals surface area contributed by atoms with Gasteiger partial charge in [-0.15, -0.1) is 0 Å². The van der Waals surface area contributed by atoms with Gasteiger partial charge in [-0.3, -0.25) is 0 Å². The summed E-state index contributed by atoms with van der Waals surface area (Å²) in [6.07, 6.45) is 4.67. The Morgan fingerprint density at radius 1 is 1.00 bits per heavy atom. The number of aromatic nitrogens is 1. The summed E-state index contributed by atoms with van der Waals surface area (Å²) in [4.78, 5) is 6.56. The highest BCUT2D eigenvalue weighted by Gasteiger charge is 2.27. The molecule has 0 unspecified atom stereocenters. The zero-order valence-corrected chi connectivity index (χ0v) is 23.4. The molecule has 214 valence electrons. The second-order valence-corrected chi connectivity index (χ2v) is 10.2. The molecule has 2 aliphatic rings. The molecular formula is C32H41N3O5. The molecule has 8 nitrogen and oxygen atoms in total. The number of anilines is 1. The molecule has 3 aromatic rings. The molecule has 0 bridgehead atoms. The van der Waals surface area contributed by atoms with Crippen LogP contribution in [0.4, 0.5) is 5.69 Å². The van der Waals surface area contributed by atoms with Crippen LogP contribution in [0.1, 0.15) is 36.3 Å². The average Bonchev–Trinajstić information content (AvgIpc) is 3.01. The van der Waals surface area contributed by atoms with E-state index in [2.05, 4.69) is 57.7 Å². The number of piperidine rings is 1. The molecule has 2 aromatic carbocycles. The highest BCUT2D eigenvalue weighted by Crippen LogP contribution is 2.34. The minimum Gasteiger partial charge on any atom is -0.493 e. The summed E-state index contributed by atoms with van der Waals surface area (Å²) in [5.41, 5.74) is 3.61. The van der Waals surface area contributed by atoms with Crippen LogP contribution in [0.25, 0.3) is 0 Å². The summed E-state index contributed by atoms with van der Waals surface area (Å²) in [6.45, 7) is 6.92. The van der Waals surface area contributed by atoms with Gasteiger partial charge in [-0.25, -0.2) is 4.98 Å². The summed E-state index contributed by atoms with van der Waals surface area (Å²) >= 11 is 0. The first-order valence-electron chi connectivity index (χ1n) is 14.4. The molecule has 0 aliphatic carbocycles. The lowest BCUT2D eigenvalue weighted by Crippen LogP contribution is -2.41. The summed E-state index contributed by atoms with van der Waals surface area (Å²) in [7, 11) is 1.75. The SMILES string of the molecule is COCCCN1CCOc2ccc(CO[C@H]3CNCC[C@@H]3c3ccc(OCCCOc4ccccn4)cc3)cc21. The molecule has 1 fully saturated rings. The van der Waals surface area contributed by atoms with Gasteiger partial charge >= 0.3 is 0 Å². The van der Waals surface area contributed by atoms with Crippen molar-refractivity contribution in [1.82, 2.24) is 10.3 Å². The standard InChI is InChI=1S/C32H41N3O5/c1-36-18-4-16-35-17-21-38-30-12-7-25(22-29(30)35)24-40-31-23-33-15-13-28(31)26-8-10-27(11-9-26)37-19-5-20-39-32-6-2-3-14-34-32/h2-3,6-12,14,22,28,31,33H,4-5,13,15-21,23-24H2,1H3/t28-,31+/m1/s1. The van der Waals surface area contributed by atoms with Gasteiger partial charge in [-0.1, -0.05) is 24.3 Å². The van der Waals surface area contributed by atoms with Crippen LogP contribution in [0.2, 0.25) is 0 Å². The monoisotopic (exact) mass is 547 g/mol. The van der Waals surface area contributed by atoms with Gasteiger partial charge in [0.05, 0.1) is 38.2 Å². The zero-order valence-electron chi connectivity index (χ0n) is 23.4. The highest BCUT2D eigenvalue weighted by molar-refractivity contribution is 5.61. The molecule has 40 heavy (non-hydrogen) atoms. The Hall–Kier alpha value is -3.33. The maximum absolute atomic E-state index is 6.53. The predicted molar refractivity (Wildman–Crippen MR) is 156 cm³/mol. The number of hydrogen-bond acceptors (Lipinski definition) is 8.